The molecule has 0 amide bonds. The third kappa shape index (κ3) is 2.99. The van der Waals surface area contributed by atoms with Crippen LogP contribution in [0.5, 0.6) is 0 Å². The Hall–Kier alpha value is -1.61. The van der Waals surface area contributed by atoms with Gasteiger partial charge in [-0.3, -0.25) is 0 Å². The van der Waals surface area contributed by atoms with Crippen molar-refractivity contribution in [3.63, 3.8) is 0 Å². The Kier molecular flexibility index (Phi) is 3.82. The predicted molar refractivity (Wildman–Crippen MR) is 75.1 cm³/mol. The molecule has 0 bridgehead atoms. The maximum Gasteiger partial charge on any atom is 0.224 e. The maximum absolute atomic E-state index is 5.84. The van der Waals surface area contributed by atoms with Crippen molar-refractivity contribution in [3.05, 3.63) is 52.4 Å². The molecule has 94 valence electrons. The lowest BCUT2D eigenvalue weighted by Gasteiger charge is -2.20. The second-order valence-corrected chi connectivity index (χ2v) is 4.83. The molecule has 0 atom stereocenters. The zero-order valence-corrected chi connectivity index (χ0v) is 11.6. The molecular formula is C14H16ClN3. The summed E-state index contributed by atoms with van der Waals surface area (Å²) in [6.45, 7) is 4.88. The average molecular weight is 262 g/mol. The summed E-state index contributed by atoms with van der Waals surface area (Å²) >= 11 is 5.84. The molecule has 0 unspecified atom stereocenters. The van der Waals surface area contributed by atoms with Gasteiger partial charge in [-0.2, -0.15) is 0 Å². The molecule has 0 radical (unpaired) electrons. The number of hydrogen-bond donors (Lipinski definition) is 0. The third-order valence-electron chi connectivity index (χ3n) is 2.78. The first-order valence-electron chi connectivity index (χ1n) is 5.82. The Labute approximate surface area is 112 Å². The van der Waals surface area contributed by atoms with Gasteiger partial charge in [-0.05, 0) is 31.0 Å². The van der Waals surface area contributed by atoms with Gasteiger partial charge in [-0.15, -0.1) is 0 Å². The summed E-state index contributed by atoms with van der Waals surface area (Å²) in [5, 5.41) is 0.284. The van der Waals surface area contributed by atoms with E-state index in [1.807, 2.05) is 14.0 Å². The van der Waals surface area contributed by atoms with Crippen molar-refractivity contribution in [2.75, 3.05) is 11.9 Å². The average Bonchev–Trinajstić information content (AvgIpc) is 2.32. The summed E-state index contributed by atoms with van der Waals surface area (Å²) in [4.78, 5) is 10.3. The minimum absolute atomic E-state index is 0.284. The molecule has 2 aromatic rings. The van der Waals surface area contributed by atoms with Crippen molar-refractivity contribution in [3.8, 4) is 0 Å². The topological polar surface area (TPSA) is 29.0 Å². The van der Waals surface area contributed by atoms with Crippen molar-refractivity contribution in [2.24, 2.45) is 0 Å². The molecule has 3 nitrogen and oxygen atoms in total. The third-order valence-corrected chi connectivity index (χ3v) is 2.96. The van der Waals surface area contributed by atoms with E-state index in [0.29, 0.717) is 0 Å². The van der Waals surface area contributed by atoms with Crippen molar-refractivity contribution in [2.45, 2.75) is 20.4 Å². The van der Waals surface area contributed by atoms with Crippen LogP contribution in [0.25, 0.3) is 0 Å². The molecule has 0 N–H and O–H groups in total. The van der Waals surface area contributed by atoms with Crippen LogP contribution in [-0.2, 0) is 6.54 Å². The molecule has 0 saturated carbocycles. The number of benzene rings is 1. The fraction of sp³-hybridized carbons (Fsp3) is 0.286. The van der Waals surface area contributed by atoms with Crippen molar-refractivity contribution in [1.29, 1.82) is 0 Å². The lowest BCUT2D eigenvalue weighted by Crippen LogP contribution is -2.19. The molecule has 0 aliphatic heterocycles. The van der Waals surface area contributed by atoms with Gasteiger partial charge >= 0.3 is 0 Å². The molecule has 0 saturated heterocycles. The van der Waals surface area contributed by atoms with Gasteiger partial charge in [0.05, 0.1) is 0 Å². The lowest BCUT2D eigenvalue weighted by atomic mass is 10.1. The number of aromatic nitrogens is 2. The molecule has 18 heavy (non-hydrogen) atoms. The number of anilines is 1. The van der Waals surface area contributed by atoms with Crippen LogP contribution in [0.15, 0.2) is 30.5 Å². The van der Waals surface area contributed by atoms with Gasteiger partial charge in [0.15, 0.2) is 0 Å². The molecule has 4 heteroatoms. The summed E-state index contributed by atoms with van der Waals surface area (Å²) in [5.74, 6) is 0.872. The maximum atomic E-state index is 5.84. The fourth-order valence-corrected chi connectivity index (χ4v) is 2.09. The van der Waals surface area contributed by atoms with Gasteiger partial charge in [0.2, 0.25) is 5.28 Å². The van der Waals surface area contributed by atoms with Crippen molar-refractivity contribution < 1.29 is 0 Å². The van der Waals surface area contributed by atoms with E-state index in [-0.39, 0.29) is 5.28 Å². The Morgan fingerprint density at radius 2 is 2.06 bits per heavy atom. The van der Waals surface area contributed by atoms with Crippen LogP contribution in [0.4, 0.5) is 5.82 Å². The van der Waals surface area contributed by atoms with Gasteiger partial charge in [-0.1, -0.05) is 29.8 Å². The molecule has 1 aromatic heterocycles. The first-order valence-corrected chi connectivity index (χ1v) is 6.20. The second kappa shape index (κ2) is 5.36. The van der Waals surface area contributed by atoms with E-state index in [9.17, 15) is 0 Å². The van der Waals surface area contributed by atoms with Crippen LogP contribution in [0.1, 0.15) is 16.7 Å². The van der Waals surface area contributed by atoms with Gasteiger partial charge < -0.3 is 4.90 Å². The van der Waals surface area contributed by atoms with Crippen LogP contribution in [0.3, 0.4) is 0 Å². The van der Waals surface area contributed by atoms with E-state index in [2.05, 4.69) is 46.1 Å². The van der Waals surface area contributed by atoms with Crippen LogP contribution in [-0.4, -0.2) is 17.0 Å². The SMILES string of the molecule is Cc1cccc(CN(C)c2nc(Cl)ncc2C)c1. The van der Waals surface area contributed by atoms with Gasteiger partial charge in [0, 0.05) is 25.4 Å². The number of aryl methyl sites for hydroxylation is 2. The summed E-state index contributed by atoms with van der Waals surface area (Å²) in [6.07, 6.45) is 1.75. The highest BCUT2D eigenvalue weighted by Crippen LogP contribution is 2.19. The first kappa shape index (κ1) is 12.8. The Morgan fingerprint density at radius 1 is 1.28 bits per heavy atom. The van der Waals surface area contributed by atoms with Gasteiger partial charge in [0.1, 0.15) is 5.82 Å². The normalized spacial score (nSPS) is 10.4. The Bertz CT molecular complexity index is 554. The molecule has 2 rings (SSSR count). The molecule has 0 fully saturated rings. The molecule has 1 aromatic carbocycles. The fourth-order valence-electron chi connectivity index (χ4n) is 1.96. The smallest absolute Gasteiger partial charge is 0.224 e. The predicted octanol–water partition coefficient (Wildman–Crippen LogP) is 3.38. The van der Waals surface area contributed by atoms with E-state index < -0.39 is 0 Å². The van der Waals surface area contributed by atoms with E-state index in [1.54, 1.807) is 6.20 Å². The number of nitrogens with zero attached hydrogens (tertiary/aromatic N) is 3. The highest BCUT2D eigenvalue weighted by molar-refractivity contribution is 6.28. The molecule has 0 aliphatic rings. The molecule has 0 aliphatic carbocycles. The second-order valence-electron chi connectivity index (χ2n) is 4.49. The summed E-state index contributed by atoms with van der Waals surface area (Å²) in [6, 6.07) is 8.45. The monoisotopic (exact) mass is 261 g/mol. The Balaban J connectivity index is 2.21. The molecule has 0 spiro atoms. The van der Waals surface area contributed by atoms with E-state index in [4.69, 9.17) is 11.6 Å². The standard InChI is InChI=1S/C14H16ClN3/c1-10-5-4-6-12(7-10)9-18(3)13-11(2)8-16-14(15)17-13/h4-8H,9H2,1-3H3. The summed E-state index contributed by atoms with van der Waals surface area (Å²) < 4.78 is 0. The summed E-state index contributed by atoms with van der Waals surface area (Å²) in [7, 11) is 2.01. The number of rotatable bonds is 3. The van der Waals surface area contributed by atoms with E-state index >= 15 is 0 Å². The summed E-state index contributed by atoms with van der Waals surface area (Å²) in [5.41, 5.74) is 3.54. The minimum Gasteiger partial charge on any atom is -0.355 e. The van der Waals surface area contributed by atoms with E-state index in [1.165, 1.54) is 11.1 Å². The first-order chi connectivity index (χ1) is 8.56. The van der Waals surface area contributed by atoms with Gasteiger partial charge in [0.25, 0.3) is 0 Å². The quantitative estimate of drug-likeness (QED) is 0.793. The highest BCUT2D eigenvalue weighted by atomic mass is 35.5. The van der Waals surface area contributed by atoms with E-state index in [0.717, 1.165) is 17.9 Å². The van der Waals surface area contributed by atoms with Crippen molar-refractivity contribution >= 4 is 17.4 Å². The number of hydrogen-bond acceptors (Lipinski definition) is 3. The van der Waals surface area contributed by atoms with Gasteiger partial charge in [-0.25, -0.2) is 9.97 Å². The Morgan fingerprint density at radius 3 is 2.78 bits per heavy atom. The number of halogens is 1. The minimum atomic E-state index is 0.284. The zero-order chi connectivity index (χ0) is 13.1. The van der Waals surface area contributed by atoms with Crippen molar-refractivity contribution in [1.82, 2.24) is 9.97 Å². The van der Waals surface area contributed by atoms with Crippen LogP contribution in [0, 0.1) is 13.8 Å². The molecule has 1 heterocycles. The largest absolute Gasteiger partial charge is 0.355 e. The zero-order valence-electron chi connectivity index (χ0n) is 10.8. The van der Waals surface area contributed by atoms with Crippen LogP contribution >= 0.6 is 11.6 Å². The van der Waals surface area contributed by atoms with Crippen LogP contribution in [0.2, 0.25) is 5.28 Å². The molecular weight excluding hydrogens is 246 g/mol. The highest BCUT2D eigenvalue weighted by Gasteiger charge is 2.08. The van der Waals surface area contributed by atoms with Crippen LogP contribution < -0.4 is 4.90 Å². The lowest BCUT2D eigenvalue weighted by molar-refractivity contribution is 0.881.